The van der Waals surface area contributed by atoms with Gasteiger partial charge in [0.05, 0.1) is 0 Å². The predicted molar refractivity (Wildman–Crippen MR) is 85.8 cm³/mol. The fourth-order valence-corrected chi connectivity index (χ4v) is 2.42. The second kappa shape index (κ2) is 9.14. The van der Waals surface area contributed by atoms with Gasteiger partial charge < -0.3 is 5.32 Å². The Morgan fingerprint density at radius 2 is 1.74 bits per heavy atom. The maximum absolute atomic E-state index is 3.63. The van der Waals surface area contributed by atoms with Crippen LogP contribution in [0.4, 0.5) is 0 Å². The van der Waals surface area contributed by atoms with Gasteiger partial charge in [0.2, 0.25) is 0 Å². The van der Waals surface area contributed by atoms with Crippen molar-refractivity contribution >= 4 is 0 Å². The third-order valence-corrected chi connectivity index (χ3v) is 3.84. The molecule has 0 heterocycles. The van der Waals surface area contributed by atoms with Gasteiger partial charge in [-0.3, -0.25) is 0 Å². The van der Waals surface area contributed by atoms with E-state index in [1.165, 1.54) is 43.2 Å². The summed E-state index contributed by atoms with van der Waals surface area (Å²) in [5.74, 6) is 0.636. The van der Waals surface area contributed by atoms with Crippen molar-refractivity contribution in [3.63, 3.8) is 0 Å². The van der Waals surface area contributed by atoms with E-state index in [2.05, 4.69) is 57.3 Å². The Hall–Kier alpha value is -0.820. The van der Waals surface area contributed by atoms with Gasteiger partial charge in [-0.1, -0.05) is 52.0 Å². The molecule has 108 valence electrons. The molecule has 1 heteroatoms. The Labute approximate surface area is 119 Å². The number of hydrogen-bond donors (Lipinski definition) is 1. The van der Waals surface area contributed by atoms with Gasteiger partial charge in [-0.2, -0.15) is 0 Å². The summed E-state index contributed by atoms with van der Waals surface area (Å²) in [6.45, 7) is 10.2. The maximum atomic E-state index is 3.63. The summed E-state index contributed by atoms with van der Waals surface area (Å²) in [5, 5.41) is 3.63. The number of aryl methyl sites for hydroxylation is 1. The lowest BCUT2D eigenvalue weighted by atomic mass is 9.99. The van der Waals surface area contributed by atoms with Crippen molar-refractivity contribution in [3.05, 3.63) is 35.4 Å². The van der Waals surface area contributed by atoms with E-state index >= 15 is 0 Å². The van der Waals surface area contributed by atoms with Crippen LogP contribution in [0.15, 0.2) is 24.3 Å². The summed E-state index contributed by atoms with van der Waals surface area (Å²) in [6.07, 6.45) is 6.26. The molecule has 0 radical (unpaired) electrons. The molecule has 1 atom stereocenters. The smallest absolute Gasteiger partial charge is 0.00645 e. The van der Waals surface area contributed by atoms with Crippen molar-refractivity contribution in [2.24, 2.45) is 0 Å². The Bertz CT molecular complexity index is 326. The second-order valence-electron chi connectivity index (χ2n) is 5.85. The van der Waals surface area contributed by atoms with Gasteiger partial charge in [0.1, 0.15) is 0 Å². The van der Waals surface area contributed by atoms with Gasteiger partial charge in [0, 0.05) is 6.04 Å². The van der Waals surface area contributed by atoms with Crippen molar-refractivity contribution in [2.45, 2.75) is 71.8 Å². The third-order valence-electron chi connectivity index (χ3n) is 3.84. The van der Waals surface area contributed by atoms with E-state index in [-0.39, 0.29) is 0 Å². The zero-order valence-corrected chi connectivity index (χ0v) is 13.2. The van der Waals surface area contributed by atoms with Crippen LogP contribution in [-0.4, -0.2) is 12.6 Å². The fourth-order valence-electron chi connectivity index (χ4n) is 2.42. The molecule has 1 nitrogen and oxygen atoms in total. The molecule has 0 saturated carbocycles. The number of nitrogens with one attached hydrogen (secondary N) is 1. The first-order valence-corrected chi connectivity index (χ1v) is 7.99. The van der Waals surface area contributed by atoms with E-state index in [1.807, 2.05) is 0 Å². The Balaban J connectivity index is 2.31. The summed E-state index contributed by atoms with van der Waals surface area (Å²) >= 11 is 0. The number of rotatable bonds is 9. The molecule has 0 amide bonds. The Morgan fingerprint density at radius 1 is 1.05 bits per heavy atom. The molecule has 0 fully saturated rings. The SMILES string of the molecule is CCCNC(CC)CCCc1ccc(C(C)C)cc1. The summed E-state index contributed by atoms with van der Waals surface area (Å²) in [5.41, 5.74) is 2.93. The lowest BCUT2D eigenvalue weighted by Gasteiger charge is -2.16. The molecular weight excluding hydrogens is 230 g/mol. The van der Waals surface area contributed by atoms with Crippen LogP contribution in [-0.2, 0) is 6.42 Å². The molecule has 1 N–H and O–H groups in total. The van der Waals surface area contributed by atoms with E-state index in [4.69, 9.17) is 0 Å². The lowest BCUT2D eigenvalue weighted by molar-refractivity contribution is 0.456. The van der Waals surface area contributed by atoms with Crippen molar-refractivity contribution in [2.75, 3.05) is 6.54 Å². The first-order chi connectivity index (χ1) is 9.17. The summed E-state index contributed by atoms with van der Waals surface area (Å²) in [4.78, 5) is 0. The van der Waals surface area contributed by atoms with E-state index < -0.39 is 0 Å². The van der Waals surface area contributed by atoms with Crippen LogP contribution >= 0.6 is 0 Å². The average molecular weight is 261 g/mol. The van der Waals surface area contributed by atoms with Gasteiger partial charge in [0.25, 0.3) is 0 Å². The normalized spacial score (nSPS) is 12.9. The molecule has 0 aliphatic heterocycles. The average Bonchev–Trinajstić information content (AvgIpc) is 2.43. The van der Waals surface area contributed by atoms with Crippen LogP contribution in [0.3, 0.4) is 0 Å². The molecule has 1 aromatic rings. The molecule has 19 heavy (non-hydrogen) atoms. The van der Waals surface area contributed by atoms with E-state index in [0.29, 0.717) is 12.0 Å². The monoisotopic (exact) mass is 261 g/mol. The zero-order chi connectivity index (χ0) is 14.1. The molecule has 1 unspecified atom stereocenters. The highest BCUT2D eigenvalue weighted by molar-refractivity contribution is 5.24. The summed E-state index contributed by atoms with van der Waals surface area (Å²) in [6, 6.07) is 9.88. The minimum absolute atomic E-state index is 0.636. The van der Waals surface area contributed by atoms with Crippen molar-refractivity contribution in [1.29, 1.82) is 0 Å². The molecule has 1 aromatic carbocycles. The second-order valence-corrected chi connectivity index (χ2v) is 5.85. The largest absolute Gasteiger partial charge is 0.314 e. The quantitative estimate of drug-likeness (QED) is 0.666. The summed E-state index contributed by atoms with van der Waals surface area (Å²) < 4.78 is 0. The first kappa shape index (κ1) is 16.2. The number of hydrogen-bond acceptors (Lipinski definition) is 1. The van der Waals surface area contributed by atoms with E-state index in [1.54, 1.807) is 0 Å². The highest BCUT2D eigenvalue weighted by Gasteiger charge is 2.05. The van der Waals surface area contributed by atoms with Gasteiger partial charge in [-0.15, -0.1) is 0 Å². The third kappa shape index (κ3) is 6.24. The van der Waals surface area contributed by atoms with Gasteiger partial charge in [-0.25, -0.2) is 0 Å². The van der Waals surface area contributed by atoms with Crippen molar-refractivity contribution in [3.8, 4) is 0 Å². The molecular formula is C18H31N. The molecule has 0 saturated heterocycles. The van der Waals surface area contributed by atoms with Crippen LogP contribution < -0.4 is 5.32 Å². The number of benzene rings is 1. The minimum atomic E-state index is 0.636. The van der Waals surface area contributed by atoms with Crippen LogP contribution in [0.25, 0.3) is 0 Å². The topological polar surface area (TPSA) is 12.0 Å². The van der Waals surface area contributed by atoms with Gasteiger partial charge >= 0.3 is 0 Å². The Kier molecular flexibility index (Phi) is 7.81. The predicted octanol–water partition coefficient (Wildman–Crippen LogP) is 4.91. The van der Waals surface area contributed by atoms with E-state index in [9.17, 15) is 0 Å². The van der Waals surface area contributed by atoms with Gasteiger partial charge in [-0.05, 0) is 55.7 Å². The maximum Gasteiger partial charge on any atom is 0.00645 e. The molecule has 0 aliphatic rings. The highest BCUT2D eigenvalue weighted by atomic mass is 14.9. The van der Waals surface area contributed by atoms with E-state index in [0.717, 1.165) is 6.54 Å². The van der Waals surface area contributed by atoms with Gasteiger partial charge in [0.15, 0.2) is 0 Å². The Morgan fingerprint density at radius 3 is 2.26 bits per heavy atom. The molecule has 0 spiro atoms. The first-order valence-electron chi connectivity index (χ1n) is 7.99. The molecule has 0 aliphatic carbocycles. The lowest BCUT2D eigenvalue weighted by Crippen LogP contribution is -2.29. The molecule has 1 rings (SSSR count). The van der Waals surface area contributed by atoms with Crippen molar-refractivity contribution < 1.29 is 0 Å². The molecule has 0 aromatic heterocycles. The standard InChI is InChI=1S/C18H31N/c1-5-14-19-18(6-2)9-7-8-16-10-12-17(13-11-16)15(3)4/h10-13,15,18-19H,5-9,14H2,1-4H3. The van der Waals surface area contributed by atoms with Crippen LogP contribution in [0, 0.1) is 0 Å². The van der Waals surface area contributed by atoms with Crippen LogP contribution in [0.1, 0.15) is 70.4 Å². The van der Waals surface area contributed by atoms with Crippen LogP contribution in [0.2, 0.25) is 0 Å². The zero-order valence-electron chi connectivity index (χ0n) is 13.2. The highest BCUT2D eigenvalue weighted by Crippen LogP contribution is 2.16. The molecule has 0 bridgehead atoms. The summed E-state index contributed by atoms with van der Waals surface area (Å²) in [7, 11) is 0. The van der Waals surface area contributed by atoms with Crippen LogP contribution in [0.5, 0.6) is 0 Å². The minimum Gasteiger partial charge on any atom is -0.314 e. The van der Waals surface area contributed by atoms with Crippen molar-refractivity contribution in [1.82, 2.24) is 5.32 Å². The fraction of sp³-hybridized carbons (Fsp3) is 0.667.